The van der Waals surface area contributed by atoms with Crippen LogP contribution in [-0.2, 0) is 0 Å². The fraction of sp³-hybridized carbons (Fsp3) is 0.250. The first-order valence-electron chi connectivity index (χ1n) is 6.54. The van der Waals surface area contributed by atoms with E-state index < -0.39 is 0 Å². The van der Waals surface area contributed by atoms with Crippen molar-refractivity contribution in [2.24, 2.45) is 5.73 Å². The van der Waals surface area contributed by atoms with E-state index in [9.17, 15) is 0 Å². The van der Waals surface area contributed by atoms with Crippen molar-refractivity contribution in [1.29, 1.82) is 0 Å². The highest BCUT2D eigenvalue weighted by molar-refractivity contribution is 14.1. The van der Waals surface area contributed by atoms with Gasteiger partial charge in [-0.25, -0.2) is 0 Å². The minimum absolute atomic E-state index is 0.0414. The quantitative estimate of drug-likeness (QED) is 0.663. The Labute approximate surface area is 142 Å². The van der Waals surface area contributed by atoms with Gasteiger partial charge in [0.1, 0.15) is 11.9 Å². The van der Waals surface area contributed by atoms with Crippen molar-refractivity contribution in [3.8, 4) is 5.75 Å². The Bertz CT molecular complexity index is 576. The maximum absolute atomic E-state index is 6.25. The average Bonchev–Trinajstić information content (AvgIpc) is 2.45. The summed E-state index contributed by atoms with van der Waals surface area (Å²) in [6, 6.07) is 16.1. The van der Waals surface area contributed by atoms with Crippen LogP contribution in [0.4, 0.5) is 0 Å². The van der Waals surface area contributed by atoms with Gasteiger partial charge < -0.3 is 10.5 Å². The maximum Gasteiger partial charge on any atom is 0.139 e. The van der Waals surface area contributed by atoms with Gasteiger partial charge in [-0.15, -0.1) is 0 Å². The third kappa shape index (κ3) is 3.96. The Morgan fingerprint density at radius 1 is 1.20 bits per heavy atom. The SMILES string of the molecule is CCC(N)C(Oc1ccccc1I)c1cccc(Br)c1. The molecular formula is C16H17BrINO. The first-order chi connectivity index (χ1) is 9.61. The highest BCUT2D eigenvalue weighted by atomic mass is 127. The van der Waals surface area contributed by atoms with Crippen LogP contribution in [0.25, 0.3) is 0 Å². The van der Waals surface area contributed by atoms with E-state index in [-0.39, 0.29) is 12.1 Å². The summed E-state index contributed by atoms with van der Waals surface area (Å²) in [6.07, 6.45) is 0.717. The monoisotopic (exact) mass is 445 g/mol. The fourth-order valence-corrected chi connectivity index (χ4v) is 2.91. The number of hydrogen-bond acceptors (Lipinski definition) is 2. The van der Waals surface area contributed by atoms with Gasteiger partial charge in [0.25, 0.3) is 0 Å². The van der Waals surface area contributed by atoms with Crippen LogP contribution in [0.5, 0.6) is 5.75 Å². The lowest BCUT2D eigenvalue weighted by Gasteiger charge is -2.25. The van der Waals surface area contributed by atoms with Crippen molar-refractivity contribution in [2.45, 2.75) is 25.5 Å². The van der Waals surface area contributed by atoms with E-state index in [1.807, 2.05) is 36.4 Å². The molecule has 20 heavy (non-hydrogen) atoms. The molecule has 0 saturated heterocycles. The molecule has 2 aromatic rings. The molecule has 0 aliphatic carbocycles. The summed E-state index contributed by atoms with van der Waals surface area (Å²) in [5.41, 5.74) is 7.35. The van der Waals surface area contributed by atoms with Gasteiger partial charge in [-0.3, -0.25) is 0 Å². The molecule has 0 spiro atoms. The lowest BCUT2D eigenvalue weighted by atomic mass is 10.0. The summed E-state index contributed by atoms with van der Waals surface area (Å²) in [7, 11) is 0. The Balaban J connectivity index is 2.31. The first kappa shape index (κ1) is 15.8. The fourth-order valence-electron chi connectivity index (χ4n) is 1.98. The maximum atomic E-state index is 6.25. The van der Waals surface area contributed by atoms with Gasteiger partial charge in [0, 0.05) is 10.5 Å². The highest BCUT2D eigenvalue weighted by Gasteiger charge is 2.21. The van der Waals surface area contributed by atoms with E-state index in [0.29, 0.717) is 0 Å². The molecule has 4 heteroatoms. The molecule has 106 valence electrons. The minimum Gasteiger partial charge on any atom is -0.483 e. The Morgan fingerprint density at radius 2 is 1.95 bits per heavy atom. The van der Waals surface area contributed by atoms with Crippen LogP contribution >= 0.6 is 38.5 Å². The molecule has 0 aliphatic heterocycles. The second-order valence-electron chi connectivity index (χ2n) is 4.60. The zero-order chi connectivity index (χ0) is 14.5. The van der Waals surface area contributed by atoms with E-state index in [2.05, 4.69) is 57.6 Å². The van der Waals surface area contributed by atoms with Gasteiger partial charge in [-0.2, -0.15) is 0 Å². The number of rotatable bonds is 5. The van der Waals surface area contributed by atoms with E-state index in [0.717, 1.165) is 25.8 Å². The number of halogens is 2. The lowest BCUT2D eigenvalue weighted by Crippen LogP contribution is -2.31. The van der Waals surface area contributed by atoms with E-state index in [1.54, 1.807) is 0 Å². The van der Waals surface area contributed by atoms with Crippen molar-refractivity contribution in [2.75, 3.05) is 0 Å². The van der Waals surface area contributed by atoms with Crippen molar-refractivity contribution >= 4 is 38.5 Å². The average molecular weight is 446 g/mol. The molecule has 0 amide bonds. The van der Waals surface area contributed by atoms with Crippen LogP contribution in [-0.4, -0.2) is 6.04 Å². The summed E-state index contributed by atoms with van der Waals surface area (Å²) in [4.78, 5) is 0. The van der Waals surface area contributed by atoms with Crippen LogP contribution in [0.1, 0.15) is 25.0 Å². The number of ether oxygens (including phenoxy) is 1. The Hall–Kier alpha value is -0.590. The summed E-state index contributed by atoms with van der Waals surface area (Å²) >= 11 is 5.78. The zero-order valence-electron chi connectivity index (χ0n) is 11.2. The van der Waals surface area contributed by atoms with Gasteiger partial charge in [-0.05, 0) is 58.8 Å². The summed E-state index contributed by atoms with van der Waals surface area (Å²) in [6.45, 7) is 2.08. The van der Waals surface area contributed by atoms with Crippen molar-refractivity contribution < 1.29 is 4.74 Å². The minimum atomic E-state index is -0.145. The smallest absolute Gasteiger partial charge is 0.139 e. The summed E-state index contributed by atoms with van der Waals surface area (Å²) < 4.78 is 8.31. The molecule has 0 saturated carbocycles. The Morgan fingerprint density at radius 3 is 2.60 bits per heavy atom. The van der Waals surface area contributed by atoms with E-state index in [1.165, 1.54) is 0 Å². The van der Waals surface area contributed by atoms with Gasteiger partial charge in [0.05, 0.1) is 3.57 Å². The second-order valence-corrected chi connectivity index (χ2v) is 6.67. The van der Waals surface area contributed by atoms with Crippen molar-refractivity contribution in [1.82, 2.24) is 0 Å². The number of hydrogen-bond donors (Lipinski definition) is 1. The predicted octanol–water partition coefficient (Wildman–Crippen LogP) is 4.91. The van der Waals surface area contributed by atoms with Crippen LogP contribution in [0.15, 0.2) is 53.0 Å². The summed E-state index contributed by atoms with van der Waals surface area (Å²) in [5, 5.41) is 0. The van der Waals surface area contributed by atoms with Gasteiger partial charge in [0.2, 0.25) is 0 Å². The predicted molar refractivity (Wildman–Crippen MR) is 94.9 cm³/mol. The molecule has 2 unspecified atom stereocenters. The molecule has 0 aromatic heterocycles. The van der Waals surface area contributed by atoms with Crippen molar-refractivity contribution in [3.05, 3.63) is 62.1 Å². The molecule has 0 aliphatic rings. The third-order valence-corrected chi connectivity index (χ3v) is 4.51. The van der Waals surface area contributed by atoms with E-state index in [4.69, 9.17) is 10.5 Å². The van der Waals surface area contributed by atoms with Crippen LogP contribution in [0.2, 0.25) is 0 Å². The molecule has 0 heterocycles. The van der Waals surface area contributed by atoms with Crippen LogP contribution in [0, 0.1) is 3.57 Å². The normalized spacial score (nSPS) is 13.8. The standard InChI is InChI=1S/C16H17BrINO/c1-2-14(19)16(11-6-5-7-12(17)10-11)20-15-9-4-3-8-13(15)18/h3-10,14,16H,2,19H2,1H3. The highest BCUT2D eigenvalue weighted by Crippen LogP contribution is 2.30. The van der Waals surface area contributed by atoms with Crippen molar-refractivity contribution in [3.63, 3.8) is 0 Å². The largest absolute Gasteiger partial charge is 0.483 e. The molecule has 2 aromatic carbocycles. The molecule has 0 fully saturated rings. The number of nitrogens with two attached hydrogens (primary N) is 1. The van der Waals surface area contributed by atoms with Gasteiger partial charge >= 0.3 is 0 Å². The Kier molecular flexibility index (Phi) is 5.86. The second kappa shape index (κ2) is 7.43. The molecule has 2 N–H and O–H groups in total. The molecule has 2 atom stereocenters. The lowest BCUT2D eigenvalue weighted by molar-refractivity contribution is 0.169. The molecule has 0 radical (unpaired) electrons. The number of benzene rings is 2. The van der Waals surface area contributed by atoms with Crippen LogP contribution in [0.3, 0.4) is 0 Å². The van der Waals surface area contributed by atoms with Crippen LogP contribution < -0.4 is 10.5 Å². The zero-order valence-corrected chi connectivity index (χ0v) is 15.0. The molecule has 2 nitrogen and oxygen atoms in total. The molecular weight excluding hydrogens is 429 g/mol. The van der Waals surface area contributed by atoms with Gasteiger partial charge in [0.15, 0.2) is 0 Å². The topological polar surface area (TPSA) is 35.2 Å². The third-order valence-electron chi connectivity index (χ3n) is 3.13. The molecule has 0 bridgehead atoms. The van der Waals surface area contributed by atoms with E-state index >= 15 is 0 Å². The molecule has 2 rings (SSSR count). The first-order valence-corrected chi connectivity index (χ1v) is 8.41. The number of para-hydroxylation sites is 1. The van der Waals surface area contributed by atoms with Gasteiger partial charge in [-0.1, -0.05) is 47.1 Å². The summed E-state index contributed by atoms with van der Waals surface area (Å²) in [5.74, 6) is 0.877.